The van der Waals surface area contributed by atoms with Crippen LogP contribution in [-0.2, 0) is 9.47 Å². The van der Waals surface area contributed by atoms with E-state index in [2.05, 4.69) is 69.0 Å². The largest absolute Gasteiger partial charge is 0.444 e. The number of amides is 2. The molecule has 4 atom stereocenters. The topological polar surface area (TPSA) is 76.7 Å². The Morgan fingerprint density at radius 2 is 1.20 bits per heavy atom. The quantitative estimate of drug-likeness (QED) is 0.260. The van der Waals surface area contributed by atoms with Gasteiger partial charge in [0.25, 0.3) is 0 Å². The molecule has 44 heavy (non-hydrogen) atoms. The monoisotopic (exact) mass is 682 g/mol. The van der Waals surface area contributed by atoms with Crippen molar-refractivity contribution >= 4 is 39.7 Å². The molecule has 2 aliphatic carbocycles. The molecule has 8 heteroatoms. The van der Waals surface area contributed by atoms with Crippen molar-refractivity contribution < 1.29 is 19.1 Å². The molecule has 0 bridgehead atoms. The number of nitrogens with one attached hydrogen (secondary N) is 2. The van der Waals surface area contributed by atoms with E-state index in [0.717, 1.165) is 27.9 Å². The Morgan fingerprint density at radius 1 is 0.727 bits per heavy atom. The van der Waals surface area contributed by atoms with Crippen LogP contribution >= 0.6 is 27.5 Å². The molecule has 0 saturated heterocycles. The van der Waals surface area contributed by atoms with Crippen molar-refractivity contribution in [2.45, 2.75) is 77.4 Å². The zero-order valence-corrected chi connectivity index (χ0v) is 28.8. The molecule has 2 saturated carbocycles. The van der Waals surface area contributed by atoms with E-state index in [1.807, 2.05) is 71.9 Å². The van der Waals surface area contributed by atoms with Gasteiger partial charge in [-0.05, 0) is 125 Å². The van der Waals surface area contributed by atoms with Crippen LogP contribution in [0.3, 0.4) is 0 Å². The minimum Gasteiger partial charge on any atom is -0.444 e. The van der Waals surface area contributed by atoms with Crippen molar-refractivity contribution in [1.29, 1.82) is 0 Å². The number of ether oxygens (including phenoxy) is 2. The van der Waals surface area contributed by atoms with Crippen molar-refractivity contribution in [3.63, 3.8) is 0 Å². The molecule has 3 aromatic rings. The van der Waals surface area contributed by atoms with Crippen LogP contribution in [0.25, 0.3) is 11.1 Å². The Morgan fingerprint density at radius 3 is 1.68 bits per heavy atom. The Balaban J connectivity index is 0.000000209. The lowest BCUT2D eigenvalue weighted by Crippen LogP contribution is -2.33. The van der Waals surface area contributed by atoms with E-state index in [9.17, 15) is 9.59 Å². The average molecular weight is 684 g/mol. The Labute approximate surface area is 275 Å². The molecule has 2 N–H and O–H groups in total. The first-order valence-electron chi connectivity index (χ1n) is 15.2. The van der Waals surface area contributed by atoms with Gasteiger partial charge < -0.3 is 20.1 Å². The summed E-state index contributed by atoms with van der Waals surface area (Å²) in [5.41, 5.74) is 4.13. The number of hydrogen-bond acceptors (Lipinski definition) is 4. The summed E-state index contributed by atoms with van der Waals surface area (Å²) < 4.78 is 11.6. The Bertz CT molecular complexity index is 1430. The highest BCUT2D eigenvalue weighted by atomic mass is 79.9. The molecule has 2 aliphatic rings. The summed E-state index contributed by atoms with van der Waals surface area (Å²) in [5, 5.41) is 6.47. The first-order chi connectivity index (χ1) is 20.7. The molecule has 3 aromatic carbocycles. The van der Waals surface area contributed by atoms with Crippen molar-refractivity contribution in [3.05, 3.63) is 93.4 Å². The SMILES string of the molecule is CC(C)(C)OC(=O)NCC1CC1c1cccc(-c2ccc(Cl)cc2)c1.CC(C)(C)OC(=O)NCC1CC1c1cccc(Br)c1. The fourth-order valence-electron chi connectivity index (χ4n) is 5.15. The van der Waals surface area contributed by atoms with Gasteiger partial charge in [0.05, 0.1) is 0 Å². The molecule has 0 spiro atoms. The van der Waals surface area contributed by atoms with Gasteiger partial charge in [0.15, 0.2) is 0 Å². The van der Waals surface area contributed by atoms with Crippen LogP contribution < -0.4 is 10.6 Å². The third kappa shape index (κ3) is 11.2. The van der Waals surface area contributed by atoms with E-state index in [1.54, 1.807) is 0 Å². The second-order valence-electron chi connectivity index (χ2n) is 13.7. The van der Waals surface area contributed by atoms with Gasteiger partial charge in [0.1, 0.15) is 11.2 Å². The van der Waals surface area contributed by atoms with Crippen LogP contribution in [0.2, 0.25) is 5.02 Å². The van der Waals surface area contributed by atoms with E-state index >= 15 is 0 Å². The van der Waals surface area contributed by atoms with Crippen LogP contribution in [0.1, 0.15) is 77.3 Å². The average Bonchev–Trinajstić information content (AvgIpc) is 3.85. The molecule has 0 aromatic heterocycles. The maximum absolute atomic E-state index is 11.8. The summed E-state index contributed by atoms with van der Waals surface area (Å²) in [7, 11) is 0. The number of benzene rings is 3. The lowest BCUT2D eigenvalue weighted by atomic mass is 10.0. The zero-order valence-electron chi connectivity index (χ0n) is 26.5. The number of rotatable bonds is 7. The number of carbonyl (C=O) groups is 2. The molecule has 0 aliphatic heterocycles. The molecule has 2 amide bonds. The highest BCUT2D eigenvalue weighted by molar-refractivity contribution is 9.10. The standard InChI is InChI=1S/C21H24ClNO2.C15H20BrNO2/c1-21(2,3)25-20(24)23-13-17-12-19(17)16-6-4-5-15(11-16)14-7-9-18(22)10-8-14;1-15(2,3)19-14(18)17-9-11-8-13(11)10-5-4-6-12(16)7-10/h4-11,17,19H,12-13H2,1-3H3,(H,23,24);4-7,11,13H,8-9H2,1-3H3,(H,17,18). The number of carbonyl (C=O) groups excluding carboxylic acids is 2. The van der Waals surface area contributed by atoms with Crippen molar-refractivity contribution in [1.82, 2.24) is 10.6 Å². The minimum absolute atomic E-state index is 0.326. The Kier molecular flexibility index (Phi) is 11.1. The molecule has 6 nitrogen and oxygen atoms in total. The summed E-state index contributed by atoms with van der Waals surface area (Å²) in [4.78, 5) is 23.3. The predicted molar refractivity (Wildman–Crippen MR) is 181 cm³/mol. The van der Waals surface area contributed by atoms with Gasteiger partial charge in [-0.25, -0.2) is 9.59 Å². The first kappa shape index (κ1) is 33.9. The summed E-state index contributed by atoms with van der Waals surface area (Å²) >= 11 is 9.45. The molecule has 4 unspecified atom stereocenters. The first-order valence-corrected chi connectivity index (χ1v) is 16.4. The zero-order chi connectivity index (χ0) is 32.1. The summed E-state index contributed by atoms with van der Waals surface area (Å²) in [6.45, 7) is 12.6. The highest BCUT2D eigenvalue weighted by Gasteiger charge is 2.39. The molecule has 2 fully saturated rings. The molecule has 5 rings (SSSR count). The van der Waals surface area contributed by atoms with Crippen molar-refractivity contribution in [2.24, 2.45) is 11.8 Å². The summed E-state index contributed by atoms with van der Waals surface area (Å²) in [6, 6.07) is 24.9. The molecular weight excluding hydrogens is 640 g/mol. The van der Waals surface area contributed by atoms with Crippen molar-refractivity contribution in [2.75, 3.05) is 13.1 Å². The van der Waals surface area contributed by atoms with Crippen LogP contribution in [-0.4, -0.2) is 36.5 Å². The van der Waals surface area contributed by atoms with E-state index in [1.165, 1.54) is 16.7 Å². The third-order valence-electron chi connectivity index (χ3n) is 7.43. The molecular formula is C36H44BrClN2O4. The summed E-state index contributed by atoms with van der Waals surface area (Å²) in [6.07, 6.45) is 1.56. The number of halogens is 2. The van der Waals surface area contributed by atoms with E-state index < -0.39 is 11.2 Å². The van der Waals surface area contributed by atoms with E-state index in [4.69, 9.17) is 21.1 Å². The van der Waals surface area contributed by atoms with Gasteiger partial charge in [-0.1, -0.05) is 76.1 Å². The predicted octanol–water partition coefficient (Wildman–Crippen LogP) is 9.71. The normalized spacial score (nSPS) is 20.5. The molecule has 236 valence electrons. The highest BCUT2D eigenvalue weighted by Crippen LogP contribution is 2.48. The number of hydrogen-bond donors (Lipinski definition) is 2. The Hall–Kier alpha value is -3.03. The maximum atomic E-state index is 11.8. The second-order valence-corrected chi connectivity index (χ2v) is 15.0. The van der Waals surface area contributed by atoms with Gasteiger partial charge >= 0.3 is 12.2 Å². The van der Waals surface area contributed by atoms with E-state index in [0.29, 0.717) is 36.8 Å². The van der Waals surface area contributed by atoms with Gasteiger partial charge in [-0.15, -0.1) is 0 Å². The second kappa shape index (κ2) is 14.4. The van der Waals surface area contributed by atoms with Gasteiger partial charge in [0.2, 0.25) is 0 Å². The van der Waals surface area contributed by atoms with Crippen LogP contribution in [0.4, 0.5) is 9.59 Å². The molecule has 0 heterocycles. The van der Waals surface area contributed by atoms with Gasteiger partial charge in [-0.3, -0.25) is 0 Å². The lowest BCUT2D eigenvalue weighted by Gasteiger charge is -2.19. The fourth-order valence-corrected chi connectivity index (χ4v) is 5.69. The third-order valence-corrected chi connectivity index (χ3v) is 8.17. The van der Waals surface area contributed by atoms with Crippen molar-refractivity contribution in [3.8, 4) is 11.1 Å². The van der Waals surface area contributed by atoms with Crippen LogP contribution in [0.5, 0.6) is 0 Å². The minimum atomic E-state index is -0.458. The van der Waals surface area contributed by atoms with E-state index in [-0.39, 0.29) is 12.2 Å². The molecule has 0 radical (unpaired) electrons. The smallest absolute Gasteiger partial charge is 0.407 e. The lowest BCUT2D eigenvalue weighted by molar-refractivity contribution is 0.0513. The van der Waals surface area contributed by atoms with Crippen LogP contribution in [0, 0.1) is 11.8 Å². The van der Waals surface area contributed by atoms with Gasteiger partial charge in [-0.2, -0.15) is 0 Å². The maximum Gasteiger partial charge on any atom is 0.407 e. The summed E-state index contributed by atoms with van der Waals surface area (Å²) in [5.74, 6) is 2.07. The van der Waals surface area contributed by atoms with Crippen LogP contribution in [0.15, 0.2) is 77.3 Å². The number of alkyl carbamates (subject to hydrolysis) is 2. The fraction of sp³-hybridized carbons (Fsp3) is 0.444. The van der Waals surface area contributed by atoms with Gasteiger partial charge in [0, 0.05) is 22.6 Å².